The van der Waals surface area contributed by atoms with Gasteiger partial charge >= 0.3 is 0 Å². The highest BCUT2D eigenvalue weighted by Crippen LogP contribution is 2.45. The van der Waals surface area contributed by atoms with E-state index in [4.69, 9.17) is 9.97 Å². The fourth-order valence-corrected chi connectivity index (χ4v) is 11.5. The quantitative estimate of drug-likeness (QED) is 0.0756. The van der Waals surface area contributed by atoms with E-state index in [1.54, 1.807) is 6.07 Å². The van der Waals surface area contributed by atoms with Crippen molar-refractivity contribution in [2.45, 2.75) is 83.6 Å². The van der Waals surface area contributed by atoms with Crippen molar-refractivity contribution in [2.75, 3.05) is 9.80 Å². The predicted octanol–water partition coefficient (Wildman–Crippen LogP) is 20.4. The second-order valence-electron chi connectivity index (χ2n) is 21.2. The molecule has 0 amide bonds. The minimum absolute atomic E-state index is 0.117. The lowest BCUT2D eigenvalue weighted by Crippen LogP contribution is -2.24. The molecule has 0 saturated carbocycles. The van der Waals surface area contributed by atoms with Gasteiger partial charge in [-0.1, -0.05) is 130 Å². The summed E-state index contributed by atoms with van der Waals surface area (Å²) in [5.41, 5.74) is 9.39. The maximum atomic E-state index is 16.2. The summed E-state index contributed by atoms with van der Waals surface area (Å²) in [7, 11) is 0. The van der Waals surface area contributed by atoms with Gasteiger partial charge in [0.25, 0.3) is 0 Å². The molecule has 0 aliphatic heterocycles. The molecule has 3 aromatic heterocycles. The molecule has 0 aliphatic rings. The molecule has 0 spiro atoms. The molecule has 0 bridgehead atoms. The fourth-order valence-electron chi connectivity index (χ4n) is 11.5. The number of para-hydroxylation sites is 5. The zero-order chi connectivity index (χ0) is 55.3. The Balaban J connectivity index is 0.995. The minimum atomic E-state index is -1.07. The van der Waals surface area contributed by atoms with Crippen LogP contribution in [-0.2, 0) is 5.41 Å². The van der Waals surface area contributed by atoms with Gasteiger partial charge in [0, 0.05) is 79.3 Å². The molecule has 11 rings (SSSR count). The second kappa shape index (κ2) is 23.3. The molecule has 0 aliphatic carbocycles. The number of hydrogen-bond acceptors (Lipinski definition) is 4. The maximum absolute atomic E-state index is 16.2. The lowest BCUT2D eigenvalue weighted by Gasteiger charge is -2.31. The summed E-state index contributed by atoms with van der Waals surface area (Å²) in [4.78, 5) is 14.6. The third kappa shape index (κ3) is 10.8. The normalized spacial score (nSPS) is 12.4. The highest BCUT2D eigenvalue weighted by Gasteiger charge is 2.32. The van der Waals surface area contributed by atoms with Crippen LogP contribution in [0.5, 0.6) is 0 Å². The van der Waals surface area contributed by atoms with E-state index >= 15 is 8.78 Å². The average Bonchev–Trinajstić information content (AvgIpc) is 3.94. The molecular formula is C71H63F4N5. The number of anilines is 6. The molecule has 11 aromatic rings. The second-order valence-corrected chi connectivity index (χ2v) is 21.2. The Morgan fingerprint density at radius 3 is 1.29 bits per heavy atom. The van der Waals surface area contributed by atoms with Crippen LogP contribution in [-0.4, -0.2) is 14.5 Å². The van der Waals surface area contributed by atoms with E-state index in [0.717, 1.165) is 73.4 Å². The first-order valence-corrected chi connectivity index (χ1v) is 27.8. The Kier molecular flexibility index (Phi) is 15.5. The Morgan fingerprint density at radius 1 is 0.438 bits per heavy atom. The number of halogens is 4. The van der Waals surface area contributed by atoms with Crippen LogP contribution >= 0.6 is 0 Å². The molecule has 2 unspecified atom stereocenters. The molecule has 0 N–H and O–H groups in total. The van der Waals surface area contributed by atoms with Gasteiger partial charge in [-0.15, -0.1) is 0 Å². The standard InChI is InChI=1S/C71H63F4N5/c1-5-21-48(22-20-29-52(6-2)80-67-32-18-16-30-59(67)60-31-17-19-33-68(60)80)49-34-38-56(39-35-49)79(55-27-14-9-15-28-55)58-45-66(62-41-37-51(73)43-64(62)75)77-70(47-58)71(3,4)69-46-57(44-65(76-69)61-40-36-50(72)42-63(61)74)78(53-23-10-7-11-24-53)54-25-12-8-13-26-54/h7-19,23-28,30-48,52H,5-6,20-22,29H2,1-4H3. The molecule has 0 saturated heterocycles. The van der Waals surface area contributed by atoms with Crippen molar-refractivity contribution in [3.8, 4) is 22.5 Å². The van der Waals surface area contributed by atoms with Crippen LogP contribution < -0.4 is 9.80 Å². The van der Waals surface area contributed by atoms with Crippen molar-refractivity contribution in [3.05, 3.63) is 265 Å². The maximum Gasteiger partial charge on any atom is 0.135 e. The molecule has 5 nitrogen and oxygen atoms in total. The van der Waals surface area contributed by atoms with Gasteiger partial charge < -0.3 is 14.4 Å². The van der Waals surface area contributed by atoms with Gasteiger partial charge in [0.15, 0.2) is 0 Å². The first-order chi connectivity index (χ1) is 39.0. The summed E-state index contributed by atoms with van der Waals surface area (Å²) in [5.74, 6) is -2.57. The molecule has 8 aromatic carbocycles. The van der Waals surface area contributed by atoms with Crippen molar-refractivity contribution in [1.29, 1.82) is 0 Å². The van der Waals surface area contributed by atoms with E-state index in [1.807, 2.05) is 123 Å². The van der Waals surface area contributed by atoms with E-state index in [9.17, 15) is 8.78 Å². The smallest absolute Gasteiger partial charge is 0.135 e. The number of nitrogens with zero attached hydrogens (tertiary/aromatic N) is 5. The van der Waals surface area contributed by atoms with Crippen LogP contribution in [0.25, 0.3) is 44.3 Å². The van der Waals surface area contributed by atoms with Crippen LogP contribution in [0.4, 0.5) is 51.7 Å². The van der Waals surface area contributed by atoms with Gasteiger partial charge in [-0.25, -0.2) is 17.6 Å². The minimum Gasteiger partial charge on any atom is -0.337 e. The van der Waals surface area contributed by atoms with E-state index in [0.29, 0.717) is 34.7 Å². The van der Waals surface area contributed by atoms with Crippen molar-refractivity contribution in [3.63, 3.8) is 0 Å². The molecule has 0 fully saturated rings. The van der Waals surface area contributed by atoms with Crippen LogP contribution in [0, 0.1) is 23.3 Å². The Labute approximate surface area is 466 Å². The summed E-state index contributed by atoms with van der Waals surface area (Å²) in [5, 5.41) is 2.60. The summed E-state index contributed by atoms with van der Waals surface area (Å²) in [6.07, 6.45) is 6.35. The predicted molar refractivity (Wildman–Crippen MR) is 321 cm³/mol. The van der Waals surface area contributed by atoms with Crippen LogP contribution in [0.2, 0.25) is 0 Å². The topological polar surface area (TPSA) is 37.2 Å². The molecule has 3 heterocycles. The number of benzene rings is 8. The molecule has 0 radical (unpaired) electrons. The Hall–Kier alpha value is -8.82. The number of aromatic nitrogens is 3. The summed E-state index contributed by atoms with van der Waals surface area (Å²) < 4.78 is 64.0. The summed E-state index contributed by atoms with van der Waals surface area (Å²) >= 11 is 0. The van der Waals surface area contributed by atoms with Crippen molar-refractivity contribution in [2.24, 2.45) is 0 Å². The number of hydrogen-bond donors (Lipinski definition) is 0. The average molecular weight is 1060 g/mol. The van der Waals surface area contributed by atoms with Gasteiger partial charge in [-0.3, -0.25) is 9.97 Å². The Morgan fingerprint density at radius 2 is 0.863 bits per heavy atom. The molecule has 80 heavy (non-hydrogen) atoms. The zero-order valence-corrected chi connectivity index (χ0v) is 45.5. The van der Waals surface area contributed by atoms with Crippen molar-refractivity contribution >= 4 is 55.9 Å². The van der Waals surface area contributed by atoms with Crippen LogP contribution in [0.15, 0.2) is 224 Å². The molecular weight excluding hydrogens is 999 g/mol. The van der Waals surface area contributed by atoms with E-state index in [1.165, 1.54) is 51.6 Å². The van der Waals surface area contributed by atoms with Gasteiger partial charge in [0.1, 0.15) is 23.3 Å². The monoisotopic (exact) mass is 1060 g/mol. The van der Waals surface area contributed by atoms with Crippen molar-refractivity contribution < 1.29 is 17.6 Å². The van der Waals surface area contributed by atoms with E-state index < -0.39 is 28.7 Å². The van der Waals surface area contributed by atoms with Gasteiger partial charge in [-0.05, 0) is 160 Å². The third-order valence-electron chi connectivity index (χ3n) is 15.7. The lowest BCUT2D eigenvalue weighted by molar-refractivity contribution is 0.430. The Bertz CT molecular complexity index is 3830. The molecule has 400 valence electrons. The first-order valence-electron chi connectivity index (χ1n) is 27.8. The summed E-state index contributed by atoms with van der Waals surface area (Å²) in [6.45, 7) is 8.52. The van der Waals surface area contributed by atoms with Crippen LogP contribution in [0.1, 0.15) is 95.1 Å². The third-order valence-corrected chi connectivity index (χ3v) is 15.7. The largest absolute Gasteiger partial charge is 0.337 e. The molecule has 2 atom stereocenters. The zero-order valence-electron chi connectivity index (χ0n) is 45.5. The lowest BCUT2D eigenvalue weighted by atomic mass is 9.83. The number of pyridine rings is 2. The fraction of sp³-hybridized carbons (Fsp3) is 0.183. The number of fused-ring (bicyclic) bond motifs is 3. The van der Waals surface area contributed by atoms with E-state index in [-0.39, 0.29) is 22.5 Å². The van der Waals surface area contributed by atoms with Gasteiger partial charge in [-0.2, -0.15) is 0 Å². The van der Waals surface area contributed by atoms with E-state index in [2.05, 4.69) is 101 Å². The SMILES string of the molecule is CCCC(CCCC(CC)n1c2ccccc2c2ccccc21)c1ccc(N(c2ccccc2)c2cc(-c3ccc(F)cc3F)nc(C(C)(C)c3cc(N(c4ccccc4)c4ccccc4)cc(-c4ccc(F)cc4F)n3)c2)cc1. The van der Waals surface area contributed by atoms with Crippen molar-refractivity contribution in [1.82, 2.24) is 14.5 Å². The first kappa shape index (κ1) is 53.2. The van der Waals surface area contributed by atoms with Crippen LogP contribution in [0.3, 0.4) is 0 Å². The van der Waals surface area contributed by atoms with Gasteiger partial charge in [0.05, 0.1) is 34.2 Å². The summed E-state index contributed by atoms with van der Waals surface area (Å²) in [6, 6.07) is 71.1. The molecule has 9 heteroatoms. The number of rotatable bonds is 19. The highest BCUT2D eigenvalue weighted by atomic mass is 19.1. The van der Waals surface area contributed by atoms with Gasteiger partial charge in [0.2, 0.25) is 0 Å². The highest BCUT2D eigenvalue weighted by molar-refractivity contribution is 6.08.